The first kappa shape index (κ1) is 19.4. The molecular weight excluding hydrogens is 363 g/mol. The molecule has 0 aliphatic carbocycles. The summed E-state index contributed by atoms with van der Waals surface area (Å²) in [6.07, 6.45) is 0.756. The lowest BCUT2D eigenvalue weighted by Crippen LogP contribution is -2.29. The molecule has 0 radical (unpaired) electrons. The summed E-state index contributed by atoms with van der Waals surface area (Å²) >= 11 is 11.9. The van der Waals surface area contributed by atoms with E-state index in [1.54, 1.807) is 32.4 Å². The molecule has 134 valence electrons. The summed E-state index contributed by atoms with van der Waals surface area (Å²) in [5.41, 5.74) is 1.59. The van der Waals surface area contributed by atoms with Crippen LogP contribution < -0.4 is 20.1 Å². The van der Waals surface area contributed by atoms with Gasteiger partial charge in [-0.2, -0.15) is 0 Å². The van der Waals surface area contributed by atoms with Gasteiger partial charge in [0.2, 0.25) is 5.91 Å². The average molecular weight is 383 g/mol. The van der Waals surface area contributed by atoms with Gasteiger partial charge in [-0.1, -0.05) is 29.3 Å². The summed E-state index contributed by atoms with van der Waals surface area (Å²) in [4.78, 5) is 12.0. The van der Waals surface area contributed by atoms with Gasteiger partial charge in [0.05, 0.1) is 31.5 Å². The Morgan fingerprint density at radius 2 is 1.80 bits per heavy atom. The van der Waals surface area contributed by atoms with E-state index in [0.29, 0.717) is 33.8 Å². The standard InChI is InChI=1S/C18H20Cl2N2O3/c1-24-16-6-3-12(9-17(16)25-2)7-8-21-11-18(23)22-15-10-13(19)4-5-14(15)20/h3-6,9-10,21H,7-8,11H2,1-2H3,(H,22,23). The lowest BCUT2D eigenvalue weighted by Gasteiger charge is -2.10. The van der Waals surface area contributed by atoms with Gasteiger partial charge < -0.3 is 20.1 Å². The zero-order valence-electron chi connectivity index (χ0n) is 14.1. The first-order valence-electron chi connectivity index (χ1n) is 7.70. The molecule has 0 saturated carbocycles. The van der Waals surface area contributed by atoms with Crippen molar-refractivity contribution in [1.82, 2.24) is 5.32 Å². The summed E-state index contributed by atoms with van der Waals surface area (Å²) in [5.74, 6) is 1.20. The Morgan fingerprint density at radius 1 is 1.04 bits per heavy atom. The van der Waals surface area contributed by atoms with Gasteiger partial charge in [-0.05, 0) is 48.9 Å². The monoisotopic (exact) mass is 382 g/mol. The van der Waals surface area contributed by atoms with Crippen molar-refractivity contribution in [3.63, 3.8) is 0 Å². The summed E-state index contributed by atoms with van der Waals surface area (Å²) in [6, 6.07) is 10.7. The van der Waals surface area contributed by atoms with Crippen LogP contribution in [0, 0.1) is 0 Å². The molecule has 0 spiro atoms. The number of nitrogens with one attached hydrogen (secondary N) is 2. The maximum absolute atomic E-state index is 12.0. The van der Waals surface area contributed by atoms with Gasteiger partial charge in [0.25, 0.3) is 0 Å². The molecule has 2 N–H and O–H groups in total. The second-order valence-corrected chi connectivity index (χ2v) is 6.13. The molecule has 0 bridgehead atoms. The van der Waals surface area contributed by atoms with Gasteiger partial charge in [0, 0.05) is 5.02 Å². The molecule has 7 heteroatoms. The van der Waals surface area contributed by atoms with E-state index < -0.39 is 0 Å². The molecule has 0 saturated heterocycles. The Balaban J connectivity index is 1.79. The van der Waals surface area contributed by atoms with Gasteiger partial charge >= 0.3 is 0 Å². The third-order valence-electron chi connectivity index (χ3n) is 3.53. The summed E-state index contributed by atoms with van der Waals surface area (Å²) in [5, 5.41) is 6.78. The maximum atomic E-state index is 12.0. The van der Waals surface area contributed by atoms with Gasteiger partial charge in [0.1, 0.15) is 0 Å². The Labute approximate surface area is 157 Å². The Hall–Kier alpha value is -1.95. The highest BCUT2D eigenvalue weighted by Crippen LogP contribution is 2.27. The molecule has 0 aliphatic rings. The van der Waals surface area contributed by atoms with Crippen LogP contribution in [0.1, 0.15) is 5.56 Å². The predicted octanol–water partition coefficient (Wildman–Crippen LogP) is 3.78. The number of ether oxygens (including phenoxy) is 2. The molecule has 1 amide bonds. The fourth-order valence-corrected chi connectivity index (χ4v) is 2.60. The zero-order chi connectivity index (χ0) is 18.2. The Bertz CT molecular complexity index is 738. The lowest BCUT2D eigenvalue weighted by atomic mass is 10.1. The van der Waals surface area contributed by atoms with Crippen molar-refractivity contribution in [3.05, 3.63) is 52.0 Å². The smallest absolute Gasteiger partial charge is 0.238 e. The highest BCUT2D eigenvalue weighted by Gasteiger charge is 2.07. The fourth-order valence-electron chi connectivity index (χ4n) is 2.26. The van der Waals surface area contributed by atoms with E-state index in [2.05, 4.69) is 10.6 Å². The number of amides is 1. The first-order chi connectivity index (χ1) is 12.0. The number of halogens is 2. The topological polar surface area (TPSA) is 59.6 Å². The Kier molecular flexibility index (Phi) is 7.37. The van der Waals surface area contributed by atoms with Crippen LogP contribution in [0.15, 0.2) is 36.4 Å². The van der Waals surface area contributed by atoms with Crippen LogP contribution in [0.5, 0.6) is 11.5 Å². The van der Waals surface area contributed by atoms with Crippen molar-refractivity contribution < 1.29 is 14.3 Å². The molecule has 0 fully saturated rings. The molecular formula is C18H20Cl2N2O3. The van der Waals surface area contributed by atoms with E-state index in [-0.39, 0.29) is 12.5 Å². The second-order valence-electron chi connectivity index (χ2n) is 5.29. The molecule has 2 aromatic carbocycles. The van der Waals surface area contributed by atoms with Crippen LogP contribution in [-0.2, 0) is 11.2 Å². The molecule has 0 unspecified atom stereocenters. The maximum Gasteiger partial charge on any atom is 0.238 e. The third-order valence-corrected chi connectivity index (χ3v) is 4.09. The number of hydrogen-bond donors (Lipinski definition) is 2. The largest absolute Gasteiger partial charge is 0.493 e. The first-order valence-corrected chi connectivity index (χ1v) is 8.45. The summed E-state index contributed by atoms with van der Waals surface area (Å²) < 4.78 is 10.5. The summed E-state index contributed by atoms with van der Waals surface area (Å²) in [6.45, 7) is 0.822. The van der Waals surface area contributed by atoms with Crippen LogP contribution in [0.25, 0.3) is 0 Å². The van der Waals surface area contributed by atoms with E-state index in [9.17, 15) is 4.79 Å². The number of carbonyl (C=O) groups is 1. The highest BCUT2D eigenvalue weighted by molar-refractivity contribution is 6.35. The molecule has 0 heterocycles. The molecule has 0 aromatic heterocycles. The van der Waals surface area contributed by atoms with Gasteiger partial charge in [-0.15, -0.1) is 0 Å². The van der Waals surface area contributed by atoms with Crippen molar-refractivity contribution in [2.24, 2.45) is 0 Å². The molecule has 2 rings (SSSR count). The number of methoxy groups -OCH3 is 2. The van der Waals surface area contributed by atoms with Crippen molar-refractivity contribution in [2.75, 3.05) is 32.6 Å². The normalized spacial score (nSPS) is 10.4. The van der Waals surface area contributed by atoms with E-state index in [0.717, 1.165) is 12.0 Å². The van der Waals surface area contributed by atoms with Crippen LogP contribution in [0.2, 0.25) is 10.0 Å². The lowest BCUT2D eigenvalue weighted by molar-refractivity contribution is -0.115. The van der Waals surface area contributed by atoms with Gasteiger partial charge in [-0.25, -0.2) is 0 Å². The number of hydrogen-bond acceptors (Lipinski definition) is 4. The predicted molar refractivity (Wildman–Crippen MR) is 101 cm³/mol. The van der Waals surface area contributed by atoms with Crippen LogP contribution in [0.3, 0.4) is 0 Å². The second kappa shape index (κ2) is 9.51. The molecule has 25 heavy (non-hydrogen) atoms. The van der Waals surface area contributed by atoms with E-state index in [1.165, 1.54) is 0 Å². The minimum atomic E-state index is -0.184. The zero-order valence-corrected chi connectivity index (χ0v) is 15.6. The number of anilines is 1. The SMILES string of the molecule is COc1ccc(CCNCC(=O)Nc2cc(Cl)ccc2Cl)cc1OC. The minimum Gasteiger partial charge on any atom is -0.493 e. The van der Waals surface area contributed by atoms with Crippen molar-refractivity contribution >= 4 is 34.8 Å². The molecule has 5 nitrogen and oxygen atoms in total. The van der Waals surface area contributed by atoms with Crippen LogP contribution in [0.4, 0.5) is 5.69 Å². The highest BCUT2D eigenvalue weighted by atomic mass is 35.5. The fraction of sp³-hybridized carbons (Fsp3) is 0.278. The number of rotatable bonds is 8. The number of carbonyl (C=O) groups excluding carboxylic acids is 1. The summed E-state index contributed by atoms with van der Waals surface area (Å²) in [7, 11) is 3.20. The van der Waals surface area contributed by atoms with Crippen molar-refractivity contribution in [1.29, 1.82) is 0 Å². The quantitative estimate of drug-likeness (QED) is 0.682. The van der Waals surface area contributed by atoms with Crippen LogP contribution >= 0.6 is 23.2 Å². The minimum absolute atomic E-state index is 0.177. The molecule has 0 aliphatic heterocycles. The van der Waals surface area contributed by atoms with E-state index in [1.807, 2.05) is 18.2 Å². The third kappa shape index (κ3) is 5.81. The molecule has 2 aromatic rings. The van der Waals surface area contributed by atoms with E-state index >= 15 is 0 Å². The van der Waals surface area contributed by atoms with Gasteiger partial charge in [-0.3, -0.25) is 4.79 Å². The average Bonchev–Trinajstić information content (AvgIpc) is 2.61. The van der Waals surface area contributed by atoms with Crippen LogP contribution in [-0.4, -0.2) is 33.2 Å². The number of benzene rings is 2. The van der Waals surface area contributed by atoms with Gasteiger partial charge in [0.15, 0.2) is 11.5 Å². The molecule has 0 atom stereocenters. The Morgan fingerprint density at radius 3 is 2.52 bits per heavy atom. The van der Waals surface area contributed by atoms with Crippen molar-refractivity contribution in [2.45, 2.75) is 6.42 Å². The van der Waals surface area contributed by atoms with Crippen molar-refractivity contribution in [3.8, 4) is 11.5 Å². The van der Waals surface area contributed by atoms with E-state index in [4.69, 9.17) is 32.7 Å².